The highest BCUT2D eigenvalue weighted by Crippen LogP contribution is 2.21. The van der Waals surface area contributed by atoms with Crippen LogP contribution < -0.4 is 16.1 Å². The van der Waals surface area contributed by atoms with E-state index in [2.05, 4.69) is 41.5 Å². The molecule has 0 aliphatic carbocycles. The fourth-order valence-corrected chi connectivity index (χ4v) is 4.02. The number of hydrogen-bond acceptors (Lipinski definition) is 7. The van der Waals surface area contributed by atoms with Gasteiger partial charge in [0.25, 0.3) is 0 Å². The number of amides is 2. The summed E-state index contributed by atoms with van der Waals surface area (Å²) >= 11 is 0. The molecule has 0 atom stereocenters. The lowest BCUT2D eigenvalue weighted by atomic mass is 9.75. The van der Waals surface area contributed by atoms with Crippen LogP contribution in [0.2, 0.25) is 0 Å². The summed E-state index contributed by atoms with van der Waals surface area (Å²) in [5, 5.41) is 5.67. The Morgan fingerprint density at radius 2 is 1.44 bits per heavy atom. The molecule has 9 nitrogen and oxygen atoms in total. The first-order chi connectivity index (χ1) is 18.1. The van der Waals surface area contributed by atoms with Crippen LogP contribution in [0.1, 0.15) is 80.2 Å². The van der Waals surface area contributed by atoms with Gasteiger partial charge in [-0.15, -0.1) is 0 Å². The zero-order valence-corrected chi connectivity index (χ0v) is 25.4. The zero-order valence-electron chi connectivity index (χ0n) is 25.4. The molecule has 2 amide bonds. The van der Waals surface area contributed by atoms with Crippen molar-refractivity contribution in [3.05, 3.63) is 29.8 Å². The van der Waals surface area contributed by atoms with E-state index in [1.807, 2.05) is 53.7 Å². The van der Waals surface area contributed by atoms with Crippen molar-refractivity contribution in [1.82, 2.24) is 15.5 Å². The summed E-state index contributed by atoms with van der Waals surface area (Å²) in [4.78, 5) is 26.3. The molecule has 0 spiro atoms. The summed E-state index contributed by atoms with van der Waals surface area (Å²) in [7, 11) is -0.344. The molecule has 0 aromatic heterocycles. The van der Waals surface area contributed by atoms with Crippen molar-refractivity contribution >= 4 is 24.8 Å². The van der Waals surface area contributed by atoms with E-state index >= 15 is 0 Å². The Kier molecular flexibility index (Phi) is 12.6. The SMILES string of the molecule is CC1(C)COB(c2cccc(CN(CCCCNC(=O)OC(C)(C)C)CCCNC(=O)OC(C)(C)C)c2)OC1. The number of alkyl carbamates (subject to hydrolysis) is 2. The average Bonchev–Trinajstić information content (AvgIpc) is 2.79. The topological polar surface area (TPSA) is 98.4 Å². The second-order valence-electron chi connectivity index (χ2n) is 13.1. The average molecular weight is 548 g/mol. The molecule has 39 heavy (non-hydrogen) atoms. The van der Waals surface area contributed by atoms with E-state index in [0.29, 0.717) is 26.3 Å². The molecular weight excluding hydrogens is 497 g/mol. The Balaban J connectivity index is 1.90. The van der Waals surface area contributed by atoms with Crippen molar-refractivity contribution in [2.75, 3.05) is 39.4 Å². The summed E-state index contributed by atoms with van der Waals surface area (Å²) in [6.45, 7) is 20.2. The maximum atomic E-state index is 12.0. The molecule has 0 radical (unpaired) electrons. The number of nitrogens with one attached hydrogen (secondary N) is 2. The highest BCUT2D eigenvalue weighted by Gasteiger charge is 2.33. The van der Waals surface area contributed by atoms with Crippen molar-refractivity contribution in [3.63, 3.8) is 0 Å². The number of nitrogens with zero attached hydrogens (tertiary/aromatic N) is 1. The molecule has 2 rings (SSSR count). The summed E-state index contributed by atoms with van der Waals surface area (Å²) in [6.07, 6.45) is 1.76. The highest BCUT2D eigenvalue weighted by atomic mass is 16.6. The lowest BCUT2D eigenvalue weighted by Crippen LogP contribution is -2.47. The van der Waals surface area contributed by atoms with Crippen LogP contribution in [-0.2, 0) is 25.3 Å². The van der Waals surface area contributed by atoms with Crippen molar-refractivity contribution < 1.29 is 28.4 Å². The molecule has 0 unspecified atom stereocenters. The second kappa shape index (κ2) is 14.9. The molecule has 0 saturated carbocycles. The Hall–Kier alpha value is -2.30. The Labute approximate surface area is 235 Å². The molecule has 1 fully saturated rings. The van der Waals surface area contributed by atoms with E-state index in [1.165, 1.54) is 5.56 Å². The minimum absolute atomic E-state index is 0.0244. The van der Waals surface area contributed by atoms with Crippen LogP contribution in [0.3, 0.4) is 0 Å². The Morgan fingerprint density at radius 3 is 2.00 bits per heavy atom. The van der Waals surface area contributed by atoms with E-state index in [4.69, 9.17) is 18.8 Å². The number of unbranched alkanes of at least 4 members (excludes halogenated alkanes) is 1. The molecule has 10 heteroatoms. The standard InChI is InChI=1S/C29H50BN3O6/c1-27(2,3)38-25(34)31-15-9-10-17-33(18-12-16-32-26(35)39-28(4,5)6)20-23-13-11-14-24(19-23)30-36-21-29(7,8)22-37-30/h11,13-14,19H,9-10,12,15-18,20-22H2,1-8H3,(H,31,34)(H,32,35). The molecule has 1 aromatic rings. The summed E-state index contributed by atoms with van der Waals surface area (Å²) < 4.78 is 22.6. The first kappa shape index (κ1) is 32.9. The van der Waals surface area contributed by atoms with Crippen molar-refractivity contribution in [2.24, 2.45) is 5.41 Å². The van der Waals surface area contributed by atoms with Crippen LogP contribution in [0.15, 0.2) is 24.3 Å². The molecule has 1 heterocycles. The zero-order chi connectivity index (χ0) is 29.1. The normalized spacial score (nSPS) is 15.7. The van der Waals surface area contributed by atoms with E-state index in [9.17, 15) is 9.59 Å². The van der Waals surface area contributed by atoms with Gasteiger partial charge in [-0.05, 0) is 78.4 Å². The fraction of sp³-hybridized carbons (Fsp3) is 0.724. The van der Waals surface area contributed by atoms with E-state index in [0.717, 1.165) is 44.4 Å². The number of ether oxygens (including phenoxy) is 2. The minimum atomic E-state index is -0.518. The maximum absolute atomic E-state index is 12.0. The number of carbonyl (C=O) groups excluding carboxylic acids is 2. The van der Waals surface area contributed by atoms with E-state index < -0.39 is 17.3 Å². The van der Waals surface area contributed by atoms with Gasteiger partial charge in [-0.1, -0.05) is 38.1 Å². The fourth-order valence-electron chi connectivity index (χ4n) is 4.02. The predicted octanol–water partition coefficient (Wildman–Crippen LogP) is 4.48. The van der Waals surface area contributed by atoms with Gasteiger partial charge in [0.15, 0.2) is 0 Å². The van der Waals surface area contributed by atoms with E-state index in [1.54, 1.807) is 0 Å². The third-order valence-electron chi connectivity index (χ3n) is 5.77. The smallest absolute Gasteiger partial charge is 0.444 e. The van der Waals surface area contributed by atoms with Gasteiger partial charge >= 0.3 is 19.3 Å². The number of carbonyl (C=O) groups is 2. The predicted molar refractivity (Wildman–Crippen MR) is 155 cm³/mol. The van der Waals surface area contributed by atoms with Gasteiger partial charge in [-0.3, -0.25) is 4.90 Å². The molecule has 2 N–H and O–H groups in total. The number of hydrogen-bond donors (Lipinski definition) is 2. The number of rotatable bonds is 12. The number of benzene rings is 1. The molecule has 1 aliphatic heterocycles. The molecule has 220 valence electrons. The largest absolute Gasteiger partial charge is 0.493 e. The Bertz CT molecular complexity index is 903. The first-order valence-electron chi connectivity index (χ1n) is 14.1. The summed E-state index contributed by atoms with van der Waals surface area (Å²) in [5.41, 5.74) is 1.20. The lowest BCUT2D eigenvalue weighted by Gasteiger charge is -2.33. The minimum Gasteiger partial charge on any atom is -0.444 e. The van der Waals surface area contributed by atoms with Crippen molar-refractivity contribution in [2.45, 2.75) is 92.4 Å². The Morgan fingerprint density at radius 1 is 0.897 bits per heavy atom. The monoisotopic (exact) mass is 547 g/mol. The molecule has 1 saturated heterocycles. The van der Waals surface area contributed by atoms with Crippen LogP contribution >= 0.6 is 0 Å². The van der Waals surface area contributed by atoms with Crippen LogP contribution in [-0.4, -0.2) is 74.8 Å². The lowest BCUT2D eigenvalue weighted by molar-refractivity contribution is 0.0343. The molecule has 0 bridgehead atoms. The van der Waals surface area contributed by atoms with Crippen LogP contribution in [0.25, 0.3) is 0 Å². The first-order valence-corrected chi connectivity index (χ1v) is 14.1. The van der Waals surface area contributed by atoms with Gasteiger partial charge in [0.1, 0.15) is 11.2 Å². The van der Waals surface area contributed by atoms with Crippen LogP contribution in [0, 0.1) is 5.41 Å². The van der Waals surface area contributed by atoms with Gasteiger partial charge < -0.3 is 29.4 Å². The van der Waals surface area contributed by atoms with Gasteiger partial charge in [0.2, 0.25) is 0 Å². The maximum Gasteiger partial charge on any atom is 0.493 e. The molecular formula is C29H50BN3O6. The van der Waals surface area contributed by atoms with Crippen LogP contribution in [0.5, 0.6) is 0 Å². The highest BCUT2D eigenvalue weighted by molar-refractivity contribution is 6.61. The third-order valence-corrected chi connectivity index (χ3v) is 5.77. The van der Waals surface area contributed by atoms with Gasteiger partial charge in [0, 0.05) is 44.8 Å². The van der Waals surface area contributed by atoms with Gasteiger partial charge in [0.05, 0.1) is 0 Å². The van der Waals surface area contributed by atoms with E-state index in [-0.39, 0.29) is 18.6 Å². The van der Waals surface area contributed by atoms with Gasteiger partial charge in [-0.25, -0.2) is 9.59 Å². The quantitative estimate of drug-likeness (QED) is 0.294. The van der Waals surface area contributed by atoms with Crippen LogP contribution in [0.4, 0.5) is 9.59 Å². The van der Waals surface area contributed by atoms with Crippen molar-refractivity contribution in [1.29, 1.82) is 0 Å². The summed E-state index contributed by atoms with van der Waals surface area (Å²) in [6, 6.07) is 8.36. The third kappa shape index (κ3) is 14.6. The summed E-state index contributed by atoms with van der Waals surface area (Å²) in [5.74, 6) is 0. The second-order valence-corrected chi connectivity index (χ2v) is 13.1. The van der Waals surface area contributed by atoms with Crippen molar-refractivity contribution in [3.8, 4) is 0 Å². The molecule has 1 aromatic carbocycles. The molecule has 1 aliphatic rings. The van der Waals surface area contributed by atoms with Gasteiger partial charge in [-0.2, -0.15) is 0 Å².